The van der Waals surface area contributed by atoms with Crippen LogP contribution in [-0.4, -0.2) is 46.1 Å². The molecular formula is C18H21FN4O2. The number of carbonyl (C=O) groups excluding carboxylic acids is 2. The predicted octanol–water partition coefficient (Wildman–Crippen LogP) is 2.06. The van der Waals surface area contributed by atoms with Gasteiger partial charge < -0.3 is 10.2 Å². The van der Waals surface area contributed by atoms with Crippen molar-refractivity contribution in [3.8, 4) is 5.69 Å². The van der Waals surface area contributed by atoms with Crippen molar-refractivity contribution in [3.05, 3.63) is 47.5 Å². The van der Waals surface area contributed by atoms with Crippen molar-refractivity contribution in [2.75, 3.05) is 13.6 Å². The second kappa shape index (κ2) is 7.04. The van der Waals surface area contributed by atoms with Crippen LogP contribution in [-0.2, 0) is 4.79 Å². The number of benzene rings is 1. The first-order chi connectivity index (χ1) is 12.0. The van der Waals surface area contributed by atoms with Gasteiger partial charge in [0.2, 0.25) is 5.91 Å². The molecule has 1 fully saturated rings. The van der Waals surface area contributed by atoms with Crippen LogP contribution in [0.5, 0.6) is 0 Å². The molecule has 0 saturated carbocycles. The topological polar surface area (TPSA) is 67.2 Å². The highest BCUT2D eigenvalue weighted by Crippen LogP contribution is 2.23. The van der Waals surface area contributed by atoms with Crippen LogP contribution in [0.1, 0.15) is 35.3 Å². The van der Waals surface area contributed by atoms with E-state index in [2.05, 4.69) is 10.4 Å². The number of nitrogens with zero attached hydrogens (tertiary/aromatic N) is 3. The number of nitrogens with one attached hydrogen (secondary N) is 1. The van der Waals surface area contributed by atoms with Crippen LogP contribution in [0.25, 0.3) is 5.69 Å². The van der Waals surface area contributed by atoms with E-state index >= 15 is 0 Å². The van der Waals surface area contributed by atoms with Gasteiger partial charge in [-0.2, -0.15) is 5.10 Å². The van der Waals surface area contributed by atoms with Gasteiger partial charge in [-0.25, -0.2) is 9.07 Å². The summed E-state index contributed by atoms with van der Waals surface area (Å²) >= 11 is 0. The summed E-state index contributed by atoms with van der Waals surface area (Å²) < 4.78 is 15.4. The Hall–Kier alpha value is -2.70. The molecule has 0 radical (unpaired) electrons. The normalized spacial score (nSPS) is 17.4. The van der Waals surface area contributed by atoms with Gasteiger partial charge in [-0.3, -0.25) is 9.59 Å². The Labute approximate surface area is 145 Å². The van der Waals surface area contributed by atoms with Crippen LogP contribution in [0.15, 0.2) is 30.5 Å². The van der Waals surface area contributed by atoms with Crippen LogP contribution >= 0.6 is 0 Å². The Kier molecular flexibility index (Phi) is 4.83. The summed E-state index contributed by atoms with van der Waals surface area (Å²) in [5.41, 5.74) is 1.23. The monoisotopic (exact) mass is 344 g/mol. The van der Waals surface area contributed by atoms with E-state index in [-0.39, 0.29) is 11.8 Å². The molecule has 2 amide bonds. The smallest absolute Gasteiger partial charge is 0.258 e. The zero-order valence-electron chi connectivity index (χ0n) is 14.3. The number of aromatic nitrogens is 2. The van der Waals surface area contributed by atoms with Crippen LogP contribution in [0, 0.1) is 12.7 Å². The number of carbonyl (C=O) groups is 2. The molecule has 1 atom stereocenters. The number of halogens is 1. The highest BCUT2D eigenvalue weighted by atomic mass is 19.1. The molecule has 0 bridgehead atoms. The van der Waals surface area contributed by atoms with E-state index in [4.69, 9.17) is 0 Å². The van der Waals surface area contributed by atoms with Crippen LogP contribution in [0.4, 0.5) is 4.39 Å². The maximum Gasteiger partial charge on any atom is 0.258 e. The number of hydrogen-bond donors (Lipinski definition) is 1. The maximum atomic E-state index is 14.0. The predicted molar refractivity (Wildman–Crippen MR) is 91.0 cm³/mol. The van der Waals surface area contributed by atoms with Crippen molar-refractivity contribution in [2.24, 2.45) is 0 Å². The molecular weight excluding hydrogens is 323 g/mol. The van der Waals surface area contributed by atoms with Crippen LogP contribution in [0.2, 0.25) is 0 Å². The highest BCUT2D eigenvalue weighted by Gasteiger charge is 2.33. The molecule has 0 aliphatic carbocycles. The van der Waals surface area contributed by atoms with E-state index in [1.165, 1.54) is 16.9 Å². The standard InChI is InChI=1S/C18H21FN4O2/c1-12-13(11-21-23(12)15-8-4-3-7-14(15)19)18(25)22-10-6-5-9-16(22)17(24)20-2/h3-4,7-8,11,16H,5-6,9-10H2,1-2H3,(H,20,24). The van der Waals surface area contributed by atoms with E-state index < -0.39 is 11.9 Å². The zero-order chi connectivity index (χ0) is 18.0. The van der Waals surface area contributed by atoms with Crippen molar-refractivity contribution in [1.82, 2.24) is 20.0 Å². The molecule has 1 unspecified atom stereocenters. The summed E-state index contributed by atoms with van der Waals surface area (Å²) in [6, 6.07) is 5.81. The van der Waals surface area contributed by atoms with E-state index in [9.17, 15) is 14.0 Å². The fraction of sp³-hybridized carbons (Fsp3) is 0.389. The number of hydrogen-bond acceptors (Lipinski definition) is 3. The van der Waals surface area contributed by atoms with Gasteiger partial charge in [-0.05, 0) is 38.3 Å². The Morgan fingerprint density at radius 2 is 2.04 bits per heavy atom. The molecule has 1 saturated heterocycles. The molecule has 3 rings (SSSR count). The van der Waals surface area contributed by atoms with E-state index in [1.807, 2.05) is 0 Å². The quantitative estimate of drug-likeness (QED) is 0.927. The van der Waals surface area contributed by atoms with Gasteiger partial charge in [0.15, 0.2) is 0 Å². The molecule has 1 aromatic carbocycles. The molecule has 1 N–H and O–H groups in total. The second-order valence-corrected chi connectivity index (χ2v) is 6.13. The summed E-state index contributed by atoms with van der Waals surface area (Å²) in [5, 5.41) is 6.80. The first kappa shape index (κ1) is 17.1. The molecule has 132 valence electrons. The average molecular weight is 344 g/mol. The summed E-state index contributed by atoms with van der Waals surface area (Å²) in [5.74, 6) is -0.811. The number of piperidine rings is 1. The molecule has 7 heteroatoms. The van der Waals surface area contributed by atoms with Gasteiger partial charge in [0.1, 0.15) is 17.5 Å². The Morgan fingerprint density at radius 1 is 1.28 bits per heavy atom. The fourth-order valence-corrected chi connectivity index (χ4v) is 3.25. The lowest BCUT2D eigenvalue weighted by molar-refractivity contribution is -0.126. The van der Waals surface area contributed by atoms with E-state index in [1.54, 1.807) is 37.1 Å². The SMILES string of the molecule is CNC(=O)C1CCCCN1C(=O)c1cnn(-c2ccccc2F)c1C. The Balaban J connectivity index is 1.93. The van der Waals surface area contributed by atoms with Gasteiger partial charge in [0, 0.05) is 13.6 Å². The molecule has 6 nitrogen and oxygen atoms in total. The van der Waals surface area contributed by atoms with E-state index in [0.717, 1.165) is 12.8 Å². The summed E-state index contributed by atoms with van der Waals surface area (Å²) in [6.07, 6.45) is 3.86. The lowest BCUT2D eigenvalue weighted by atomic mass is 10.00. The Bertz CT molecular complexity index is 802. The van der Waals surface area contributed by atoms with Gasteiger partial charge in [-0.15, -0.1) is 0 Å². The molecule has 0 spiro atoms. The number of rotatable bonds is 3. The summed E-state index contributed by atoms with van der Waals surface area (Å²) in [7, 11) is 1.57. The zero-order valence-corrected chi connectivity index (χ0v) is 14.3. The van der Waals surface area contributed by atoms with Crippen molar-refractivity contribution in [3.63, 3.8) is 0 Å². The lowest BCUT2D eigenvalue weighted by Gasteiger charge is -2.34. The van der Waals surface area contributed by atoms with Crippen molar-refractivity contribution in [2.45, 2.75) is 32.2 Å². The molecule has 2 heterocycles. The molecule has 25 heavy (non-hydrogen) atoms. The fourth-order valence-electron chi connectivity index (χ4n) is 3.25. The number of likely N-dealkylation sites (tertiary alicyclic amines) is 1. The molecule has 1 aliphatic heterocycles. The summed E-state index contributed by atoms with van der Waals surface area (Å²) in [6.45, 7) is 2.26. The third-order valence-corrected chi connectivity index (χ3v) is 4.63. The maximum absolute atomic E-state index is 14.0. The van der Waals surface area contributed by atoms with Crippen LogP contribution < -0.4 is 5.32 Å². The third kappa shape index (κ3) is 3.14. The van der Waals surface area contributed by atoms with Crippen molar-refractivity contribution >= 4 is 11.8 Å². The van der Waals surface area contributed by atoms with Crippen molar-refractivity contribution < 1.29 is 14.0 Å². The van der Waals surface area contributed by atoms with Gasteiger partial charge in [0.25, 0.3) is 5.91 Å². The molecule has 2 aromatic rings. The second-order valence-electron chi connectivity index (χ2n) is 6.13. The molecule has 1 aromatic heterocycles. The first-order valence-electron chi connectivity index (χ1n) is 8.36. The van der Waals surface area contributed by atoms with Gasteiger partial charge in [0.05, 0.1) is 17.5 Å². The summed E-state index contributed by atoms with van der Waals surface area (Å²) in [4.78, 5) is 26.7. The largest absolute Gasteiger partial charge is 0.357 e. The van der Waals surface area contributed by atoms with Crippen LogP contribution in [0.3, 0.4) is 0 Å². The highest BCUT2D eigenvalue weighted by molar-refractivity contribution is 5.98. The van der Waals surface area contributed by atoms with Crippen molar-refractivity contribution in [1.29, 1.82) is 0 Å². The minimum atomic E-state index is -0.470. The third-order valence-electron chi connectivity index (χ3n) is 4.63. The lowest BCUT2D eigenvalue weighted by Crippen LogP contribution is -2.51. The Morgan fingerprint density at radius 3 is 2.76 bits per heavy atom. The van der Waals surface area contributed by atoms with Gasteiger partial charge >= 0.3 is 0 Å². The molecule has 1 aliphatic rings. The first-order valence-corrected chi connectivity index (χ1v) is 8.36. The number of amides is 2. The minimum absolute atomic E-state index is 0.160. The van der Waals surface area contributed by atoms with Gasteiger partial charge in [-0.1, -0.05) is 12.1 Å². The van der Waals surface area contributed by atoms with E-state index in [0.29, 0.717) is 29.9 Å². The number of likely N-dealkylation sites (N-methyl/N-ethyl adjacent to an activating group) is 1. The minimum Gasteiger partial charge on any atom is -0.357 e. The average Bonchev–Trinajstić information content (AvgIpc) is 3.02. The number of para-hydroxylation sites is 1.